The lowest BCUT2D eigenvalue weighted by Crippen LogP contribution is -2.22. The Hall–Kier alpha value is -0.930. The lowest BCUT2D eigenvalue weighted by Gasteiger charge is -2.16. The second-order valence-electron chi connectivity index (χ2n) is 3.91. The van der Waals surface area contributed by atoms with Gasteiger partial charge in [0.05, 0.1) is 12.3 Å². The van der Waals surface area contributed by atoms with E-state index >= 15 is 0 Å². The van der Waals surface area contributed by atoms with E-state index in [0.717, 1.165) is 36.0 Å². The van der Waals surface area contributed by atoms with Crippen LogP contribution < -0.4 is 15.4 Å². The fraction of sp³-hybridized carbons (Fsp3) is 0.500. The topological polar surface area (TPSA) is 33.3 Å². The molecule has 2 N–H and O–H groups in total. The van der Waals surface area contributed by atoms with E-state index in [0.29, 0.717) is 12.6 Å². The highest BCUT2D eigenvalue weighted by Gasteiger charge is 2.15. The molecule has 3 nitrogen and oxygen atoms in total. The molecule has 1 aliphatic rings. The predicted octanol–water partition coefficient (Wildman–Crippen LogP) is 2.51. The van der Waals surface area contributed by atoms with E-state index in [1.54, 1.807) is 0 Å². The van der Waals surface area contributed by atoms with Gasteiger partial charge < -0.3 is 15.4 Å². The van der Waals surface area contributed by atoms with Gasteiger partial charge in [-0.25, -0.2) is 0 Å². The molecule has 88 valence electrons. The molecule has 0 amide bonds. The van der Waals surface area contributed by atoms with Crippen molar-refractivity contribution in [1.82, 2.24) is 5.32 Å². The molecule has 1 heterocycles. The molecular weight excluding hydrogens is 224 g/mol. The summed E-state index contributed by atoms with van der Waals surface area (Å²) in [5, 5.41) is 7.52. The molecule has 1 atom stereocenters. The van der Waals surface area contributed by atoms with Crippen LogP contribution in [0.2, 0.25) is 5.02 Å². The number of rotatable bonds is 4. The number of benzene rings is 1. The van der Waals surface area contributed by atoms with Crippen molar-refractivity contribution < 1.29 is 4.74 Å². The Labute approximate surface area is 101 Å². The van der Waals surface area contributed by atoms with Crippen molar-refractivity contribution in [2.24, 2.45) is 0 Å². The molecular formula is C12H17ClN2O. The van der Waals surface area contributed by atoms with E-state index in [1.807, 2.05) is 25.1 Å². The maximum absolute atomic E-state index is 5.99. The Morgan fingerprint density at radius 1 is 1.56 bits per heavy atom. The lowest BCUT2D eigenvalue weighted by molar-refractivity contribution is 0.341. The lowest BCUT2D eigenvalue weighted by atomic mass is 10.2. The summed E-state index contributed by atoms with van der Waals surface area (Å²) < 4.78 is 5.56. The smallest absolute Gasteiger partial charge is 0.142 e. The fourth-order valence-corrected chi connectivity index (χ4v) is 2.07. The summed E-state index contributed by atoms with van der Waals surface area (Å²) >= 11 is 5.99. The number of hydrogen-bond acceptors (Lipinski definition) is 3. The summed E-state index contributed by atoms with van der Waals surface area (Å²) in [5.41, 5.74) is 0.989. The number of anilines is 1. The molecule has 1 fully saturated rings. The van der Waals surface area contributed by atoms with Crippen molar-refractivity contribution in [3.63, 3.8) is 0 Å². The van der Waals surface area contributed by atoms with Crippen molar-refractivity contribution >= 4 is 17.3 Å². The van der Waals surface area contributed by atoms with Crippen LogP contribution in [0.15, 0.2) is 18.2 Å². The molecule has 1 aliphatic heterocycles. The summed E-state index contributed by atoms with van der Waals surface area (Å²) in [7, 11) is 0. The summed E-state index contributed by atoms with van der Waals surface area (Å²) in [6.45, 7) is 4.72. The van der Waals surface area contributed by atoms with E-state index in [2.05, 4.69) is 10.6 Å². The van der Waals surface area contributed by atoms with E-state index in [4.69, 9.17) is 16.3 Å². The van der Waals surface area contributed by atoms with E-state index in [-0.39, 0.29) is 0 Å². The molecule has 4 heteroatoms. The zero-order valence-corrected chi connectivity index (χ0v) is 10.2. The molecule has 1 aromatic carbocycles. The molecule has 1 aromatic rings. The molecule has 1 unspecified atom stereocenters. The molecule has 16 heavy (non-hydrogen) atoms. The summed E-state index contributed by atoms with van der Waals surface area (Å²) in [6, 6.07) is 6.16. The number of hydrogen-bond donors (Lipinski definition) is 2. The maximum Gasteiger partial charge on any atom is 0.142 e. The molecule has 0 aliphatic carbocycles. The number of ether oxygens (including phenoxy) is 1. The van der Waals surface area contributed by atoms with Crippen LogP contribution in [0.5, 0.6) is 5.75 Å². The first-order valence-corrected chi connectivity index (χ1v) is 6.07. The minimum atomic E-state index is 0.470. The summed E-state index contributed by atoms with van der Waals surface area (Å²) in [4.78, 5) is 0. The maximum atomic E-state index is 5.99. The molecule has 2 rings (SSSR count). The van der Waals surface area contributed by atoms with Crippen molar-refractivity contribution in [2.45, 2.75) is 19.4 Å². The van der Waals surface area contributed by atoms with Gasteiger partial charge in [-0.2, -0.15) is 0 Å². The predicted molar refractivity (Wildman–Crippen MR) is 67.5 cm³/mol. The third-order valence-corrected chi connectivity index (χ3v) is 2.90. The zero-order chi connectivity index (χ0) is 11.4. The van der Waals surface area contributed by atoms with Crippen LogP contribution in [-0.4, -0.2) is 25.7 Å². The summed E-state index contributed by atoms with van der Waals surface area (Å²) in [5.74, 6) is 0.874. The largest absolute Gasteiger partial charge is 0.492 e. The number of nitrogens with one attached hydrogen (secondary N) is 2. The van der Waals surface area contributed by atoms with Crippen molar-refractivity contribution in [3.05, 3.63) is 23.2 Å². The first-order valence-electron chi connectivity index (χ1n) is 5.69. The normalized spacial score (nSPS) is 19.8. The standard InChI is InChI=1S/C12H17ClN2O/c1-2-16-12-4-3-9(13)7-11(12)15-10-5-6-14-8-10/h3-4,7,10,14-15H,2,5-6,8H2,1H3. The minimum absolute atomic E-state index is 0.470. The zero-order valence-electron chi connectivity index (χ0n) is 9.42. The van der Waals surface area contributed by atoms with Crippen molar-refractivity contribution in [2.75, 3.05) is 25.0 Å². The Morgan fingerprint density at radius 3 is 3.12 bits per heavy atom. The van der Waals surface area contributed by atoms with Crippen LogP contribution in [0, 0.1) is 0 Å². The van der Waals surface area contributed by atoms with Gasteiger partial charge in [-0.05, 0) is 38.1 Å². The monoisotopic (exact) mass is 240 g/mol. The Kier molecular flexibility index (Phi) is 3.91. The van der Waals surface area contributed by atoms with Crippen LogP contribution in [0.25, 0.3) is 0 Å². The van der Waals surface area contributed by atoms with Gasteiger partial charge in [-0.3, -0.25) is 0 Å². The fourth-order valence-electron chi connectivity index (χ4n) is 1.89. The Balaban J connectivity index is 2.12. The van der Waals surface area contributed by atoms with Crippen molar-refractivity contribution in [3.8, 4) is 5.75 Å². The van der Waals surface area contributed by atoms with E-state index in [9.17, 15) is 0 Å². The SMILES string of the molecule is CCOc1ccc(Cl)cc1NC1CCNC1. The van der Waals surface area contributed by atoms with Gasteiger partial charge >= 0.3 is 0 Å². The second kappa shape index (κ2) is 5.41. The first-order chi connectivity index (χ1) is 7.79. The molecule has 0 saturated carbocycles. The first kappa shape index (κ1) is 11.6. The van der Waals surface area contributed by atoms with Gasteiger partial charge in [0.15, 0.2) is 0 Å². The van der Waals surface area contributed by atoms with Gasteiger partial charge in [0, 0.05) is 17.6 Å². The highest BCUT2D eigenvalue weighted by atomic mass is 35.5. The quantitative estimate of drug-likeness (QED) is 0.849. The van der Waals surface area contributed by atoms with Gasteiger partial charge in [0.1, 0.15) is 5.75 Å². The second-order valence-corrected chi connectivity index (χ2v) is 4.34. The highest BCUT2D eigenvalue weighted by Crippen LogP contribution is 2.29. The van der Waals surface area contributed by atoms with Gasteiger partial charge in [0.25, 0.3) is 0 Å². The van der Waals surface area contributed by atoms with E-state index < -0.39 is 0 Å². The molecule has 0 spiro atoms. The van der Waals surface area contributed by atoms with Crippen LogP contribution >= 0.6 is 11.6 Å². The average molecular weight is 241 g/mol. The molecule has 0 radical (unpaired) electrons. The summed E-state index contributed by atoms with van der Waals surface area (Å²) in [6.07, 6.45) is 1.14. The third-order valence-electron chi connectivity index (χ3n) is 2.66. The van der Waals surface area contributed by atoms with Crippen LogP contribution in [0.4, 0.5) is 5.69 Å². The van der Waals surface area contributed by atoms with E-state index in [1.165, 1.54) is 0 Å². The molecule has 0 aromatic heterocycles. The third kappa shape index (κ3) is 2.80. The van der Waals surface area contributed by atoms with Gasteiger partial charge in [-0.1, -0.05) is 11.6 Å². The van der Waals surface area contributed by atoms with Gasteiger partial charge in [-0.15, -0.1) is 0 Å². The Bertz CT molecular complexity index is 351. The molecule has 0 bridgehead atoms. The minimum Gasteiger partial charge on any atom is -0.492 e. The van der Waals surface area contributed by atoms with Crippen LogP contribution in [0.1, 0.15) is 13.3 Å². The number of halogens is 1. The van der Waals surface area contributed by atoms with Crippen molar-refractivity contribution in [1.29, 1.82) is 0 Å². The van der Waals surface area contributed by atoms with Crippen LogP contribution in [-0.2, 0) is 0 Å². The highest BCUT2D eigenvalue weighted by molar-refractivity contribution is 6.30. The van der Waals surface area contributed by atoms with Crippen LogP contribution in [0.3, 0.4) is 0 Å². The molecule has 1 saturated heterocycles. The average Bonchev–Trinajstić information content (AvgIpc) is 2.75. The van der Waals surface area contributed by atoms with Gasteiger partial charge in [0.2, 0.25) is 0 Å². The Morgan fingerprint density at radius 2 is 2.44 bits per heavy atom.